The van der Waals surface area contributed by atoms with Crippen LogP contribution in [-0.4, -0.2) is 34.9 Å². The zero-order chi connectivity index (χ0) is 18.5. The number of aromatic nitrogens is 1. The first kappa shape index (κ1) is 17.8. The van der Waals surface area contributed by atoms with E-state index < -0.39 is 5.82 Å². The van der Waals surface area contributed by atoms with Crippen LogP contribution < -0.4 is 10.6 Å². The average Bonchev–Trinajstić information content (AvgIpc) is 2.62. The fourth-order valence-electron chi connectivity index (χ4n) is 2.99. The van der Waals surface area contributed by atoms with E-state index in [4.69, 9.17) is 0 Å². The number of rotatable bonds is 3. The summed E-state index contributed by atoms with van der Waals surface area (Å²) in [6, 6.07) is 10.8. The summed E-state index contributed by atoms with van der Waals surface area (Å²) in [4.78, 5) is 30.7. The van der Waals surface area contributed by atoms with Gasteiger partial charge in [0.25, 0.3) is 0 Å². The molecule has 0 spiro atoms. The summed E-state index contributed by atoms with van der Waals surface area (Å²) in [5.74, 6) is -0.351. The first-order valence-corrected chi connectivity index (χ1v) is 8.57. The molecule has 1 aromatic heterocycles. The quantitative estimate of drug-likeness (QED) is 0.885. The van der Waals surface area contributed by atoms with Crippen LogP contribution in [0.25, 0.3) is 0 Å². The molecule has 136 valence electrons. The molecule has 1 fully saturated rings. The van der Waals surface area contributed by atoms with Crippen LogP contribution in [0.1, 0.15) is 18.5 Å². The lowest BCUT2D eigenvalue weighted by Crippen LogP contribution is -2.45. The Morgan fingerprint density at radius 3 is 2.77 bits per heavy atom. The molecular formula is C19H21FN4O2. The highest BCUT2D eigenvalue weighted by Crippen LogP contribution is 2.20. The van der Waals surface area contributed by atoms with E-state index in [9.17, 15) is 14.0 Å². The van der Waals surface area contributed by atoms with E-state index in [1.54, 1.807) is 17.0 Å². The minimum atomic E-state index is -0.413. The fraction of sp³-hybridized carbons (Fsp3) is 0.316. The number of aryl methyl sites for hydroxylation is 1. The second kappa shape index (κ2) is 7.95. The molecule has 0 bridgehead atoms. The molecule has 1 aliphatic rings. The number of nitrogens with one attached hydrogen (secondary N) is 2. The number of likely N-dealkylation sites (tertiary alicyclic amines) is 1. The highest BCUT2D eigenvalue weighted by atomic mass is 19.1. The van der Waals surface area contributed by atoms with Gasteiger partial charge in [0.1, 0.15) is 11.6 Å². The molecule has 2 heterocycles. The topological polar surface area (TPSA) is 74.3 Å². The summed E-state index contributed by atoms with van der Waals surface area (Å²) < 4.78 is 13.2. The maximum atomic E-state index is 13.2. The molecule has 1 atom stereocenters. The Hall–Kier alpha value is -2.96. The molecule has 7 heteroatoms. The largest absolute Gasteiger partial charge is 0.324 e. The SMILES string of the molecule is Cc1cccc(NC(=O)[C@@H]2CCCN(C(=O)Nc3cccc(F)c3)C2)n1. The van der Waals surface area contributed by atoms with Crippen LogP contribution >= 0.6 is 0 Å². The number of amides is 3. The van der Waals surface area contributed by atoms with Crippen LogP contribution in [0.4, 0.5) is 20.7 Å². The third-order valence-electron chi connectivity index (χ3n) is 4.29. The molecule has 0 saturated carbocycles. The molecule has 0 radical (unpaired) electrons. The van der Waals surface area contributed by atoms with Crippen LogP contribution in [0.3, 0.4) is 0 Å². The van der Waals surface area contributed by atoms with E-state index >= 15 is 0 Å². The van der Waals surface area contributed by atoms with Crippen molar-refractivity contribution in [1.29, 1.82) is 0 Å². The van der Waals surface area contributed by atoms with E-state index in [2.05, 4.69) is 15.6 Å². The predicted octanol–water partition coefficient (Wildman–Crippen LogP) is 3.41. The molecule has 1 saturated heterocycles. The fourth-order valence-corrected chi connectivity index (χ4v) is 2.99. The van der Waals surface area contributed by atoms with Gasteiger partial charge in [0.05, 0.1) is 5.92 Å². The highest BCUT2D eigenvalue weighted by molar-refractivity contribution is 5.93. The van der Waals surface area contributed by atoms with Crippen molar-refractivity contribution in [3.8, 4) is 0 Å². The van der Waals surface area contributed by atoms with E-state index in [1.165, 1.54) is 18.2 Å². The minimum Gasteiger partial charge on any atom is -0.324 e. The van der Waals surface area contributed by atoms with Gasteiger partial charge in [-0.2, -0.15) is 0 Å². The van der Waals surface area contributed by atoms with Crippen LogP contribution in [0, 0.1) is 18.7 Å². The first-order valence-electron chi connectivity index (χ1n) is 8.57. The molecule has 1 aliphatic heterocycles. The van der Waals surface area contributed by atoms with Crippen LogP contribution in [-0.2, 0) is 4.79 Å². The molecule has 26 heavy (non-hydrogen) atoms. The normalized spacial score (nSPS) is 16.8. The van der Waals surface area contributed by atoms with Gasteiger partial charge in [0, 0.05) is 24.5 Å². The number of anilines is 2. The monoisotopic (exact) mass is 356 g/mol. The lowest BCUT2D eigenvalue weighted by atomic mass is 9.97. The van der Waals surface area contributed by atoms with Gasteiger partial charge in [-0.3, -0.25) is 4.79 Å². The molecule has 2 aromatic rings. The smallest absolute Gasteiger partial charge is 0.321 e. The number of carbonyl (C=O) groups excluding carboxylic acids is 2. The van der Waals surface area contributed by atoms with E-state index in [0.717, 1.165) is 12.1 Å². The number of hydrogen-bond donors (Lipinski definition) is 2. The molecule has 2 N–H and O–H groups in total. The second-order valence-electron chi connectivity index (χ2n) is 6.38. The standard InChI is InChI=1S/C19H21FN4O2/c1-13-5-2-9-17(21-13)23-18(25)14-6-4-10-24(12-14)19(26)22-16-8-3-7-15(20)11-16/h2-3,5,7-9,11,14H,4,6,10,12H2,1H3,(H,22,26)(H,21,23,25)/t14-/m1/s1. The van der Waals surface area contributed by atoms with Gasteiger partial charge < -0.3 is 15.5 Å². The first-order chi connectivity index (χ1) is 12.5. The Bertz CT molecular complexity index is 746. The Kier molecular flexibility index (Phi) is 5.46. The number of benzene rings is 1. The van der Waals surface area contributed by atoms with Crippen molar-refractivity contribution < 1.29 is 14.0 Å². The van der Waals surface area contributed by atoms with Crippen molar-refractivity contribution in [2.45, 2.75) is 19.8 Å². The highest BCUT2D eigenvalue weighted by Gasteiger charge is 2.28. The number of carbonyl (C=O) groups is 2. The number of nitrogens with zero attached hydrogens (tertiary/aromatic N) is 2. The van der Waals surface area contributed by atoms with E-state index in [-0.39, 0.29) is 17.9 Å². The van der Waals surface area contributed by atoms with Gasteiger partial charge in [0.15, 0.2) is 0 Å². The van der Waals surface area contributed by atoms with Crippen molar-refractivity contribution in [3.63, 3.8) is 0 Å². The minimum absolute atomic E-state index is 0.147. The lowest BCUT2D eigenvalue weighted by molar-refractivity contribution is -0.121. The Labute approximate surface area is 151 Å². The van der Waals surface area contributed by atoms with Crippen molar-refractivity contribution in [2.75, 3.05) is 23.7 Å². The van der Waals surface area contributed by atoms with Gasteiger partial charge in [-0.1, -0.05) is 12.1 Å². The number of hydrogen-bond acceptors (Lipinski definition) is 3. The van der Waals surface area contributed by atoms with Gasteiger partial charge in [-0.15, -0.1) is 0 Å². The Balaban J connectivity index is 1.59. The number of pyridine rings is 1. The summed E-state index contributed by atoms with van der Waals surface area (Å²) in [5.41, 5.74) is 1.22. The second-order valence-corrected chi connectivity index (χ2v) is 6.38. The number of urea groups is 1. The van der Waals surface area contributed by atoms with Gasteiger partial charge in [-0.05, 0) is 50.1 Å². The van der Waals surface area contributed by atoms with E-state index in [1.807, 2.05) is 19.1 Å². The van der Waals surface area contributed by atoms with Crippen molar-refractivity contribution in [2.24, 2.45) is 5.92 Å². The van der Waals surface area contributed by atoms with Gasteiger partial charge >= 0.3 is 6.03 Å². The lowest BCUT2D eigenvalue weighted by Gasteiger charge is -2.32. The van der Waals surface area contributed by atoms with E-state index in [0.29, 0.717) is 31.0 Å². The predicted molar refractivity (Wildman–Crippen MR) is 97.3 cm³/mol. The zero-order valence-corrected chi connectivity index (χ0v) is 14.5. The van der Waals surface area contributed by atoms with Gasteiger partial charge in [-0.25, -0.2) is 14.2 Å². The summed E-state index contributed by atoms with van der Waals surface area (Å²) in [6.45, 7) is 2.74. The average molecular weight is 356 g/mol. The van der Waals surface area contributed by atoms with Crippen molar-refractivity contribution in [1.82, 2.24) is 9.88 Å². The maximum Gasteiger partial charge on any atom is 0.321 e. The molecule has 1 aromatic carbocycles. The Morgan fingerprint density at radius 1 is 1.19 bits per heavy atom. The molecule has 3 rings (SSSR count). The molecule has 0 aliphatic carbocycles. The maximum absolute atomic E-state index is 13.2. The van der Waals surface area contributed by atoms with Crippen molar-refractivity contribution in [3.05, 3.63) is 54.0 Å². The summed E-state index contributed by atoms with van der Waals surface area (Å²) in [6.07, 6.45) is 1.44. The molecule has 6 nitrogen and oxygen atoms in total. The molecule has 0 unspecified atom stereocenters. The third-order valence-corrected chi connectivity index (χ3v) is 4.29. The molecule has 3 amide bonds. The van der Waals surface area contributed by atoms with Crippen LogP contribution in [0.2, 0.25) is 0 Å². The summed E-state index contributed by atoms with van der Waals surface area (Å²) in [7, 11) is 0. The number of halogens is 1. The van der Waals surface area contributed by atoms with Gasteiger partial charge in [0.2, 0.25) is 5.91 Å². The number of piperidine rings is 1. The molecular weight excluding hydrogens is 335 g/mol. The zero-order valence-electron chi connectivity index (χ0n) is 14.5. The van der Waals surface area contributed by atoms with Crippen LogP contribution in [0.15, 0.2) is 42.5 Å². The summed E-state index contributed by atoms with van der Waals surface area (Å²) in [5, 5.41) is 5.48. The third kappa shape index (κ3) is 4.56. The van der Waals surface area contributed by atoms with Crippen molar-refractivity contribution >= 4 is 23.4 Å². The van der Waals surface area contributed by atoms with Crippen LogP contribution in [0.5, 0.6) is 0 Å². The summed E-state index contributed by atoms with van der Waals surface area (Å²) >= 11 is 0. The Morgan fingerprint density at radius 2 is 2.00 bits per heavy atom.